The van der Waals surface area contributed by atoms with Gasteiger partial charge in [0.2, 0.25) is 9.84 Å². The largest absolute Gasteiger partial charge is 0.367 e. The van der Waals surface area contributed by atoms with Crippen LogP contribution in [0.3, 0.4) is 0 Å². The summed E-state index contributed by atoms with van der Waals surface area (Å²) in [6.45, 7) is 3.41. The maximum absolute atomic E-state index is 14.1. The van der Waals surface area contributed by atoms with Crippen LogP contribution in [0.2, 0.25) is 0 Å². The number of anilines is 1. The average molecular weight is 374 g/mol. The van der Waals surface area contributed by atoms with Crippen molar-refractivity contribution in [3.63, 3.8) is 0 Å². The first kappa shape index (κ1) is 17.0. The molecular weight excluding hydrogens is 355 g/mol. The fraction of sp³-hybridized carbons (Fsp3) is 0.278. The number of fused-ring (bicyclic) bond motifs is 1. The van der Waals surface area contributed by atoms with Crippen molar-refractivity contribution < 1.29 is 12.8 Å². The Balaban J connectivity index is 1.92. The molecule has 0 amide bonds. The summed E-state index contributed by atoms with van der Waals surface area (Å²) >= 11 is 0. The van der Waals surface area contributed by atoms with Crippen molar-refractivity contribution in [1.29, 1.82) is 0 Å². The summed E-state index contributed by atoms with van der Waals surface area (Å²) in [5.41, 5.74) is 2.05. The van der Waals surface area contributed by atoms with Gasteiger partial charge >= 0.3 is 0 Å². The molecule has 1 saturated heterocycles. The highest BCUT2D eigenvalue weighted by atomic mass is 32.2. The van der Waals surface area contributed by atoms with Gasteiger partial charge in [0.1, 0.15) is 21.1 Å². The van der Waals surface area contributed by atoms with Gasteiger partial charge in [-0.2, -0.15) is 0 Å². The Hall–Kier alpha value is -2.45. The first-order chi connectivity index (χ1) is 12.5. The highest BCUT2D eigenvalue weighted by Gasteiger charge is 2.28. The van der Waals surface area contributed by atoms with Crippen molar-refractivity contribution in [2.45, 2.75) is 9.79 Å². The van der Waals surface area contributed by atoms with Crippen LogP contribution in [0.15, 0.2) is 52.5 Å². The molecule has 1 fully saturated rings. The summed E-state index contributed by atoms with van der Waals surface area (Å²) in [7, 11) is -2.22. The first-order valence-corrected chi connectivity index (χ1v) is 9.88. The molecule has 136 valence electrons. The molecule has 1 aliphatic rings. The molecule has 0 saturated carbocycles. The zero-order valence-corrected chi connectivity index (χ0v) is 15.1. The fourth-order valence-electron chi connectivity index (χ4n) is 3.41. The smallest absolute Gasteiger partial charge is 0.213 e. The van der Waals surface area contributed by atoms with E-state index >= 15 is 0 Å². The maximum atomic E-state index is 14.1. The molecule has 0 spiro atoms. The number of aryl methyl sites for hydroxylation is 1. The summed E-state index contributed by atoms with van der Waals surface area (Å²) in [5.74, 6) is -0.761. The summed E-state index contributed by atoms with van der Waals surface area (Å²) in [6.07, 6.45) is 3.13. The Bertz CT molecular complexity index is 1070. The highest BCUT2D eigenvalue weighted by molar-refractivity contribution is 7.91. The van der Waals surface area contributed by atoms with E-state index in [4.69, 9.17) is 0 Å². The van der Waals surface area contributed by atoms with Gasteiger partial charge in [0.15, 0.2) is 0 Å². The minimum Gasteiger partial charge on any atom is -0.367 e. The van der Waals surface area contributed by atoms with Gasteiger partial charge in [-0.25, -0.2) is 12.8 Å². The van der Waals surface area contributed by atoms with E-state index in [0.717, 1.165) is 43.4 Å². The lowest BCUT2D eigenvalue weighted by atomic mass is 10.2. The van der Waals surface area contributed by atoms with Crippen LogP contribution in [0, 0.1) is 5.82 Å². The number of hydrogen-bond donors (Lipinski definition) is 1. The van der Waals surface area contributed by atoms with E-state index < -0.39 is 15.7 Å². The summed E-state index contributed by atoms with van der Waals surface area (Å²) in [6, 6.07) is 7.31. The van der Waals surface area contributed by atoms with Crippen LogP contribution in [0.5, 0.6) is 0 Å². The van der Waals surface area contributed by atoms with Crippen molar-refractivity contribution >= 4 is 26.6 Å². The van der Waals surface area contributed by atoms with Gasteiger partial charge in [0.05, 0.1) is 11.2 Å². The molecular formula is C18H19FN4O2S. The standard InChI is InChI=1S/C18H19FN4O2S/c1-22-12-16(26(24,25)15-5-3-2-4-13(15)19)17-18(22)14(6-7-21-17)23-10-8-20-9-11-23/h2-7,12,20H,8-11H2,1H3. The number of halogens is 1. The number of piperazine rings is 1. The van der Waals surface area contributed by atoms with E-state index in [1.165, 1.54) is 24.4 Å². The number of aromatic nitrogens is 2. The molecule has 6 nitrogen and oxygen atoms in total. The zero-order chi connectivity index (χ0) is 18.3. The SMILES string of the molecule is Cn1cc(S(=O)(=O)c2ccccc2F)c2nccc(N3CCNCC3)c21. The predicted octanol–water partition coefficient (Wildman–Crippen LogP) is 1.95. The van der Waals surface area contributed by atoms with Crippen molar-refractivity contribution in [2.24, 2.45) is 7.05 Å². The molecule has 1 aliphatic heterocycles. The van der Waals surface area contributed by atoms with Gasteiger partial charge in [-0.05, 0) is 18.2 Å². The number of sulfone groups is 1. The van der Waals surface area contributed by atoms with Gasteiger partial charge in [-0.1, -0.05) is 12.1 Å². The summed E-state index contributed by atoms with van der Waals surface area (Å²) in [5, 5.41) is 3.30. The van der Waals surface area contributed by atoms with Crippen LogP contribution in [0.25, 0.3) is 11.0 Å². The third-order valence-electron chi connectivity index (χ3n) is 4.67. The van der Waals surface area contributed by atoms with Crippen LogP contribution >= 0.6 is 0 Å². The molecule has 26 heavy (non-hydrogen) atoms. The molecule has 0 atom stereocenters. The highest BCUT2D eigenvalue weighted by Crippen LogP contribution is 2.34. The monoisotopic (exact) mass is 374 g/mol. The maximum Gasteiger partial charge on any atom is 0.213 e. The van der Waals surface area contributed by atoms with Gasteiger partial charge in [0.25, 0.3) is 0 Å². The molecule has 1 aromatic carbocycles. The van der Waals surface area contributed by atoms with Crippen molar-refractivity contribution in [2.75, 3.05) is 31.1 Å². The van der Waals surface area contributed by atoms with E-state index in [9.17, 15) is 12.8 Å². The van der Waals surface area contributed by atoms with E-state index in [1.807, 2.05) is 6.07 Å². The van der Waals surface area contributed by atoms with Gasteiger partial charge in [-0.3, -0.25) is 4.98 Å². The lowest BCUT2D eigenvalue weighted by molar-refractivity contribution is 0.567. The second-order valence-electron chi connectivity index (χ2n) is 6.30. The second kappa shape index (κ2) is 6.37. The van der Waals surface area contributed by atoms with E-state index in [1.54, 1.807) is 17.8 Å². The minimum absolute atomic E-state index is 0.0251. The average Bonchev–Trinajstić information content (AvgIpc) is 3.00. The summed E-state index contributed by atoms with van der Waals surface area (Å²) < 4.78 is 42.0. The normalized spacial score (nSPS) is 15.5. The summed E-state index contributed by atoms with van der Waals surface area (Å²) in [4.78, 5) is 6.22. The molecule has 3 aromatic rings. The van der Waals surface area contributed by atoms with Crippen LogP contribution in [0.4, 0.5) is 10.1 Å². The number of hydrogen-bond acceptors (Lipinski definition) is 5. The van der Waals surface area contributed by atoms with Crippen LogP contribution in [-0.4, -0.2) is 44.1 Å². The van der Waals surface area contributed by atoms with Crippen LogP contribution in [-0.2, 0) is 16.9 Å². The third-order valence-corrected chi connectivity index (χ3v) is 6.46. The molecule has 0 radical (unpaired) electrons. The number of nitrogens with one attached hydrogen (secondary N) is 1. The topological polar surface area (TPSA) is 67.2 Å². The molecule has 0 aliphatic carbocycles. The lowest BCUT2D eigenvalue weighted by Gasteiger charge is -2.30. The fourth-order valence-corrected chi connectivity index (χ4v) is 4.93. The molecule has 8 heteroatoms. The Morgan fingerprint density at radius 2 is 1.85 bits per heavy atom. The van der Waals surface area contributed by atoms with E-state index in [0.29, 0.717) is 5.52 Å². The minimum atomic E-state index is -4.01. The molecule has 0 bridgehead atoms. The Morgan fingerprint density at radius 1 is 1.12 bits per heavy atom. The van der Waals surface area contributed by atoms with Crippen LogP contribution < -0.4 is 10.2 Å². The van der Waals surface area contributed by atoms with Crippen molar-refractivity contribution in [3.05, 3.63) is 48.5 Å². The molecule has 3 heterocycles. The molecule has 2 aromatic heterocycles. The molecule has 0 unspecified atom stereocenters. The van der Waals surface area contributed by atoms with Gasteiger partial charge < -0.3 is 14.8 Å². The molecule has 4 rings (SSSR count). The molecule has 1 N–H and O–H groups in total. The van der Waals surface area contributed by atoms with Gasteiger partial charge in [0, 0.05) is 45.6 Å². The van der Waals surface area contributed by atoms with Crippen LogP contribution in [0.1, 0.15) is 0 Å². The number of rotatable bonds is 3. The predicted molar refractivity (Wildman–Crippen MR) is 97.6 cm³/mol. The Kier molecular flexibility index (Phi) is 4.16. The number of nitrogens with zero attached hydrogens (tertiary/aromatic N) is 3. The van der Waals surface area contributed by atoms with E-state index in [2.05, 4.69) is 15.2 Å². The number of pyridine rings is 1. The lowest BCUT2D eigenvalue weighted by Crippen LogP contribution is -2.43. The van der Waals surface area contributed by atoms with Crippen molar-refractivity contribution in [3.8, 4) is 0 Å². The zero-order valence-electron chi connectivity index (χ0n) is 14.3. The Morgan fingerprint density at radius 3 is 2.58 bits per heavy atom. The van der Waals surface area contributed by atoms with E-state index in [-0.39, 0.29) is 9.79 Å². The second-order valence-corrected chi connectivity index (χ2v) is 8.19. The van der Waals surface area contributed by atoms with Crippen molar-refractivity contribution in [1.82, 2.24) is 14.9 Å². The Labute approximate surface area is 151 Å². The third kappa shape index (κ3) is 2.65. The quantitative estimate of drug-likeness (QED) is 0.759. The first-order valence-electron chi connectivity index (χ1n) is 8.39. The number of benzene rings is 1. The van der Waals surface area contributed by atoms with Gasteiger partial charge in [-0.15, -0.1) is 0 Å².